The number of hydrogen-bond donors (Lipinski definition) is 0. The van der Waals surface area contributed by atoms with Crippen molar-refractivity contribution in [1.82, 2.24) is 0 Å². The monoisotopic (exact) mass is 290 g/mol. The molecule has 4 heteroatoms. The van der Waals surface area contributed by atoms with Crippen LogP contribution in [0.5, 0.6) is 5.75 Å². The zero-order valence-corrected chi connectivity index (χ0v) is 12.5. The lowest BCUT2D eigenvalue weighted by Gasteiger charge is -2.38. The summed E-state index contributed by atoms with van der Waals surface area (Å²) < 4.78 is 16.8. The highest BCUT2D eigenvalue weighted by atomic mass is 16.5. The molecule has 1 aliphatic carbocycles. The molecule has 114 valence electrons. The summed E-state index contributed by atoms with van der Waals surface area (Å²) in [6, 6.07) is 7.16. The van der Waals surface area contributed by atoms with Crippen molar-refractivity contribution < 1.29 is 19.0 Å². The fourth-order valence-electron chi connectivity index (χ4n) is 3.43. The maximum Gasteiger partial charge on any atom is 0.337 e. The minimum atomic E-state index is -0.322. The Hall–Kier alpha value is -1.55. The van der Waals surface area contributed by atoms with E-state index < -0.39 is 0 Å². The van der Waals surface area contributed by atoms with E-state index in [4.69, 9.17) is 14.2 Å². The molecule has 1 spiro atoms. The van der Waals surface area contributed by atoms with Crippen LogP contribution in [-0.4, -0.2) is 31.4 Å². The summed E-state index contributed by atoms with van der Waals surface area (Å²) in [6.45, 7) is 0.783. The molecule has 0 radical (unpaired) electrons. The van der Waals surface area contributed by atoms with Gasteiger partial charge in [-0.2, -0.15) is 0 Å². The second-order valence-electron chi connectivity index (χ2n) is 5.99. The van der Waals surface area contributed by atoms with Crippen molar-refractivity contribution in [2.24, 2.45) is 0 Å². The van der Waals surface area contributed by atoms with E-state index in [1.807, 2.05) is 12.1 Å². The van der Waals surface area contributed by atoms with Crippen LogP contribution in [0.4, 0.5) is 0 Å². The number of hydrogen-bond acceptors (Lipinski definition) is 4. The molecule has 1 saturated carbocycles. The van der Waals surface area contributed by atoms with E-state index in [2.05, 4.69) is 0 Å². The first-order valence-electron chi connectivity index (χ1n) is 7.70. The van der Waals surface area contributed by atoms with Crippen LogP contribution in [0.1, 0.15) is 48.9 Å². The molecule has 0 N–H and O–H groups in total. The van der Waals surface area contributed by atoms with Gasteiger partial charge in [-0.05, 0) is 37.1 Å². The van der Waals surface area contributed by atoms with E-state index >= 15 is 0 Å². The maximum absolute atomic E-state index is 11.4. The van der Waals surface area contributed by atoms with Crippen molar-refractivity contribution in [2.75, 3.05) is 13.7 Å². The normalized spacial score (nSPS) is 24.0. The molecule has 1 unspecified atom stereocenters. The summed E-state index contributed by atoms with van der Waals surface area (Å²) in [5.41, 5.74) is 0.610. The molecule has 1 heterocycles. The molecule has 1 aliphatic heterocycles. The third kappa shape index (κ3) is 3.21. The minimum Gasteiger partial charge on any atom is -0.490 e. The van der Waals surface area contributed by atoms with Crippen LogP contribution < -0.4 is 4.74 Å². The Labute approximate surface area is 125 Å². The molecule has 2 fully saturated rings. The Bertz CT molecular complexity index is 488. The molecule has 1 aromatic rings. The summed E-state index contributed by atoms with van der Waals surface area (Å²) >= 11 is 0. The van der Waals surface area contributed by atoms with Gasteiger partial charge in [0.15, 0.2) is 0 Å². The van der Waals surface area contributed by atoms with E-state index in [1.165, 1.54) is 20.0 Å². The van der Waals surface area contributed by atoms with Gasteiger partial charge in [-0.1, -0.05) is 12.8 Å². The van der Waals surface area contributed by atoms with Gasteiger partial charge in [0.2, 0.25) is 0 Å². The van der Waals surface area contributed by atoms with Crippen molar-refractivity contribution in [3.63, 3.8) is 0 Å². The first-order chi connectivity index (χ1) is 10.2. The fraction of sp³-hybridized carbons (Fsp3) is 0.588. The van der Waals surface area contributed by atoms with Crippen molar-refractivity contribution in [1.29, 1.82) is 0 Å². The molecule has 1 saturated heterocycles. The molecule has 2 aliphatic rings. The number of benzene rings is 1. The standard InChI is InChI=1S/C17H22O4/c1-19-16(18)13-4-6-14(7-5-13)21-15-8-11-20-17(12-15)9-2-3-10-17/h4-7,15H,2-3,8-12H2,1H3. The molecular weight excluding hydrogens is 268 g/mol. The largest absolute Gasteiger partial charge is 0.490 e. The van der Waals surface area contributed by atoms with Gasteiger partial charge in [-0.15, -0.1) is 0 Å². The van der Waals surface area contributed by atoms with Crippen molar-refractivity contribution in [3.8, 4) is 5.75 Å². The zero-order valence-electron chi connectivity index (χ0n) is 12.5. The lowest BCUT2D eigenvalue weighted by Crippen LogP contribution is -2.41. The van der Waals surface area contributed by atoms with Crippen molar-refractivity contribution in [3.05, 3.63) is 29.8 Å². The minimum absolute atomic E-state index is 0.0644. The van der Waals surface area contributed by atoms with Crippen LogP contribution in [0.2, 0.25) is 0 Å². The molecule has 1 aromatic carbocycles. The van der Waals surface area contributed by atoms with Gasteiger partial charge in [0.05, 0.1) is 24.9 Å². The molecule has 1 atom stereocenters. The summed E-state index contributed by atoms with van der Waals surface area (Å²) in [5.74, 6) is 0.486. The van der Waals surface area contributed by atoms with Gasteiger partial charge in [0.1, 0.15) is 11.9 Å². The van der Waals surface area contributed by atoms with E-state index in [9.17, 15) is 4.79 Å². The van der Waals surface area contributed by atoms with Gasteiger partial charge in [-0.25, -0.2) is 4.79 Å². The van der Waals surface area contributed by atoms with Gasteiger partial charge in [0.25, 0.3) is 0 Å². The number of ether oxygens (including phenoxy) is 3. The number of methoxy groups -OCH3 is 1. The predicted molar refractivity (Wildman–Crippen MR) is 78.6 cm³/mol. The van der Waals surface area contributed by atoms with Crippen molar-refractivity contribution in [2.45, 2.75) is 50.2 Å². The van der Waals surface area contributed by atoms with Gasteiger partial charge in [0, 0.05) is 12.8 Å². The molecule has 4 nitrogen and oxygen atoms in total. The van der Waals surface area contributed by atoms with Crippen LogP contribution in [-0.2, 0) is 9.47 Å². The Kier molecular flexibility index (Phi) is 4.15. The summed E-state index contributed by atoms with van der Waals surface area (Å²) in [5, 5.41) is 0. The average molecular weight is 290 g/mol. The molecule has 21 heavy (non-hydrogen) atoms. The summed E-state index contributed by atoms with van der Waals surface area (Å²) in [6.07, 6.45) is 6.97. The predicted octanol–water partition coefficient (Wildman–Crippen LogP) is 3.34. The van der Waals surface area contributed by atoms with Gasteiger partial charge in [-0.3, -0.25) is 0 Å². The number of rotatable bonds is 3. The summed E-state index contributed by atoms with van der Waals surface area (Å²) in [7, 11) is 1.38. The van der Waals surface area contributed by atoms with E-state index in [1.54, 1.807) is 12.1 Å². The van der Waals surface area contributed by atoms with Crippen LogP contribution in [0.3, 0.4) is 0 Å². The summed E-state index contributed by atoms with van der Waals surface area (Å²) in [4.78, 5) is 11.4. The van der Waals surface area contributed by atoms with Gasteiger partial charge >= 0.3 is 5.97 Å². The number of carbonyl (C=O) groups excluding carboxylic acids is 1. The zero-order chi connectivity index (χ0) is 14.7. The van der Waals surface area contributed by atoms with E-state index in [0.717, 1.165) is 38.0 Å². The Morgan fingerprint density at radius 1 is 1.24 bits per heavy atom. The van der Waals surface area contributed by atoms with Crippen LogP contribution in [0.15, 0.2) is 24.3 Å². The highest BCUT2D eigenvalue weighted by molar-refractivity contribution is 5.89. The maximum atomic E-state index is 11.4. The molecule has 0 bridgehead atoms. The van der Waals surface area contributed by atoms with Crippen LogP contribution >= 0.6 is 0 Å². The fourth-order valence-corrected chi connectivity index (χ4v) is 3.43. The topological polar surface area (TPSA) is 44.8 Å². The highest BCUT2D eigenvalue weighted by Gasteiger charge is 2.40. The molecule has 0 amide bonds. The van der Waals surface area contributed by atoms with E-state index in [-0.39, 0.29) is 17.7 Å². The number of esters is 1. The molecule has 3 rings (SSSR count). The van der Waals surface area contributed by atoms with Gasteiger partial charge < -0.3 is 14.2 Å². The quantitative estimate of drug-likeness (QED) is 0.801. The Morgan fingerprint density at radius 3 is 2.62 bits per heavy atom. The number of carbonyl (C=O) groups is 1. The lowest BCUT2D eigenvalue weighted by atomic mass is 9.90. The second-order valence-corrected chi connectivity index (χ2v) is 5.99. The van der Waals surface area contributed by atoms with Crippen LogP contribution in [0.25, 0.3) is 0 Å². The Morgan fingerprint density at radius 2 is 1.95 bits per heavy atom. The molecular formula is C17H22O4. The van der Waals surface area contributed by atoms with Crippen molar-refractivity contribution >= 4 is 5.97 Å². The van der Waals surface area contributed by atoms with E-state index in [0.29, 0.717) is 5.56 Å². The SMILES string of the molecule is COC(=O)c1ccc(OC2CCOC3(CCCC3)C2)cc1. The lowest BCUT2D eigenvalue weighted by molar-refractivity contribution is -0.108. The second kappa shape index (κ2) is 6.06. The first-order valence-corrected chi connectivity index (χ1v) is 7.70. The first kappa shape index (κ1) is 14.4. The highest BCUT2D eigenvalue weighted by Crippen LogP contribution is 2.40. The smallest absolute Gasteiger partial charge is 0.337 e. The third-order valence-electron chi connectivity index (χ3n) is 4.54. The third-order valence-corrected chi connectivity index (χ3v) is 4.54. The average Bonchev–Trinajstić information content (AvgIpc) is 2.95. The molecule has 0 aromatic heterocycles. The Balaban J connectivity index is 1.62. The van der Waals surface area contributed by atoms with Crippen LogP contribution in [0, 0.1) is 0 Å².